The lowest BCUT2D eigenvalue weighted by molar-refractivity contribution is -0.137. The Balaban J connectivity index is 4.69. The summed E-state index contributed by atoms with van der Waals surface area (Å²) in [6.07, 6.45) is 21.0. The summed E-state index contributed by atoms with van der Waals surface area (Å²) >= 11 is 0. The largest absolute Gasteiger partial charge is 0.481 e. The van der Waals surface area contributed by atoms with Crippen molar-refractivity contribution in [3.05, 3.63) is 0 Å². The highest BCUT2D eigenvalue weighted by molar-refractivity contribution is 7.47. The zero-order valence-electron chi connectivity index (χ0n) is 25.7. The smallest absolute Gasteiger partial charge is 0.472 e. The monoisotopic (exact) mass is 595 g/mol. The van der Waals surface area contributed by atoms with Gasteiger partial charge in [-0.05, 0) is 31.6 Å². The van der Waals surface area contributed by atoms with E-state index >= 15 is 0 Å². The number of rotatable bonds is 32. The van der Waals surface area contributed by atoms with Gasteiger partial charge >= 0.3 is 13.8 Å². The summed E-state index contributed by atoms with van der Waals surface area (Å²) in [4.78, 5) is 20.6. The van der Waals surface area contributed by atoms with E-state index < -0.39 is 19.9 Å². The molecule has 0 aromatic carbocycles. The van der Waals surface area contributed by atoms with E-state index in [-0.39, 0.29) is 32.8 Å². The van der Waals surface area contributed by atoms with Gasteiger partial charge in [-0.2, -0.15) is 0 Å². The minimum Gasteiger partial charge on any atom is -0.481 e. The van der Waals surface area contributed by atoms with Crippen LogP contribution in [-0.4, -0.2) is 61.7 Å². The number of carboxylic acids is 1. The number of phosphoric ester groups is 1. The number of ether oxygens (including phenoxy) is 2. The fraction of sp³-hybridized carbons (Fsp3) is 0.967. The molecule has 9 nitrogen and oxygen atoms in total. The van der Waals surface area contributed by atoms with E-state index in [1.807, 2.05) is 0 Å². The predicted molar refractivity (Wildman–Crippen MR) is 162 cm³/mol. The van der Waals surface area contributed by atoms with E-state index in [0.29, 0.717) is 32.0 Å². The van der Waals surface area contributed by atoms with Gasteiger partial charge in [0.05, 0.1) is 19.8 Å². The maximum absolute atomic E-state index is 12.1. The Morgan fingerprint density at radius 2 is 1.27 bits per heavy atom. The number of aliphatic carboxylic acids is 1. The predicted octanol–water partition coefficient (Wildman–Crippen LogP) is 7.63. The van der Waals surface area contributed by atoms with E-state index in [1.54, 1.807) is 0 Å². The van der Waals surface area contributed by atoms with Crippen LogP contribution in [0.15, 0.2) is 0 Å². The standard InChI is InChI=1S/C30H62NO8P/c1-3-5-7-9-11-12-14-16-20-28(19-15-13-10-8-6-4-2)25-36-26-29(37-23-18-17-21-30(32)33)27-39-40(34,35)38-24-22-31/h28-29H,3-27,31H2,1-2H3,(H,32,33)(H,34,35). The van der Waals surface area contributed by atoms with Gasteiger partial charge < -0.3 is 25.2 Å². The average Bonchev–Trinajstić information content (AvgIpc) is 2.92. The summed E-state index contributed by atoms with van der Waals surface area (Å²) in [6, 6.07) is 0. The molecular formula is C30H62NO8P. The van der Waals surface area contributed by atoms with E-state index in [4.69, 9.17) is 29.4 Å². The third-order valence-electron chi connectivity index (χ3n) is 7.02. The number of carboxylic acid groups (broad SMARTS) is 1. The number of hydrogen-bond acceptors (Lipinski definition) is 7. The van der Waals surface area contributed by atoms with Gasteiger partial charge in [-0.3, -0.25) is 13.8 Å². The van der Waals surface area contributed by atoms with Crippen molar-refractivity contribution in [2.24, 2.45) is 11.7 Å². The van der Waals surface area contributed by atoms with Crippen LogP contribution in [0.4, 0.5) is 0 Å². The van der Waals surface area contributed by atoms with Crippen molar-refractivity contribution in [1.82, 2.24) is 0 Å². The Labute approximate surface area is 244 Å². The molecule has 0 bridgehead atoms. The molecule has 0 rings (SSSR count). The first kappa shape index (κ1) is 39.5. The normalized spacial score (nSPS) is 14.7. The van der Waals surface area contributed by atoms with Crippen LogP contribution in [0.1, 0.15) is 136 Å². The van der Waals surface area contributed by atoms with Crippen molar-refractivity contribution in [3.63, 3.8) is 0 Å². The number of hydrogen-bond donors (Lipinski definition) is 3. The Hall–Kier alpha value is -0.540. The van der Waals surface area contributed by atoms with Crippen molar-refractivity contribution in [3.8, 4) is 0 Å². The van der Waals surface area contributed by atoms with Crippen molar-refractivity contribution in [2.45, 2.75) is 142 Å². The quantitative estimate of drug-likeness (QED) is 0.0529. The number of carbonyl (C=O) groups is 1. The number of unbranched alkanes of at least 4 members (excludes halogenated alkanes) is 13. The Morgan fingerprint density at radius 1 is 0.725 bits per heavy atom. The second-order valence-corrected chi connectivity index (χ2v) is 12.4. The van der Waals surface area contributed by atoms with Gasteiger partial charge in [-0.25, -0.2) is 4.57 Å². The van der Waals surface area contributed by atoms with Crippen LogP contribution >= 0.6 is 7.82 Å². The van der Waals surface area contributed by atoms with Crippen LogP contribution in [0.2, 0.25) is 0 Å². The summed E-state index contributed by atoms with van der Waals surface area (Å²) in [7, 11) is -4.22. The van der Waals surface area contributed by atoms with Gasteiger partial charge in [0.15, 0.2) is 0 Å². The summed E-state index contributed by atoms with van der Waals surface area (Å²) < 4.78 is 33.9. The third kappa shape index (κ3) is 27.6. The molecule has 0 radical (unpaired) electrons. The van der Waals surface area contributed by atoms with Gasteiger partial charge in [-0.1, -0.05) is 104 Å². The molecule has 0 aromatic rings. The van der Waals surface area contributed by atoms with Crippen LogP contribution in [0, 0.1) is 5.92 Å². The fourth-order valence-electron chi connectivity index (χ4n) is 4.61. The molecule has 0 spiro atoms. The lowest BCUT2D eigenvalue weighted by Gasteiger charge is -2.22. The first-order valence-electron chi connectivity index (χ1n) is 16.1. The molecule has 0 aromatic heterocycles. The lowest BCUT2D eigenvalue weighted by atomic mass is 9.94. The molecule has 3 unspecified atom stereocenters. The fourth-order valence-corrected chi connectivity index (χ4v) is 5.38. The Bertz CT molecular complexity index is 610. The molecule has 0 saturated carbocycles. The zero-order chi connectivity index (χ0) is 29.7. The summed E-state index contributed by atoms with van der Waals surface area (Å²) in [5.74, 6) is -0.352. The first-order valence-corrected chi connectivity index (χ1v) is 17.6. The zero-order valence-corrected chi connectivity index (χ0v) is 26.6. The number of phosphoric acid groups is 1. The Morgan fingerprint density at radius 3 is 1.80 bits per heavy atom. The molecule has 0 aliphatic heterocycles. The second-order valence-electron chi connectivity index (χ2n) is 11.0. The maximum Gasteiger partial charge on any atom is 0.472 e. The molecule has 0 amide bonds. The molecule has 4 N–H and O–H groups in total. The molecule has 3 atom stereocenters. The van der Waals surface area contributed by atoms with Crippen LogP contribution in [0.3, 0.4) is 0 Å². The van der Waals surface area contributed by atoms with Crippen molar-refractivity contribution < 1.29 is 37.9 Å². The molecule has 240 valence electrons. The lowest BCUT2D eigenvalue weighted by Crippen LogP contribution is -2.27. The molecule has 0 fully saturated rings. The summed E-state index contributed by atoms with van der Waals surface area (Å²) in [5, 5.41) is 8.82. The van der Waals surface area contributed by atoms with Crippen molar-refractivity contribution >= 4 is 13.8 Å². The maximum atomic E-state index is 12.1. The molecule has 0 aliphatic rings. The highest BCUT2D eigenvalue weighted by Gasteiger charge is 2.24. The second kappa shape index (κ2) is 28.6. The average molecular weight is 596 g/mol. The van der Waals surface area contributed by atoms with Gasteiger partial charge in [-0.15, -0.1) is 0 Å². The molecule has 0 heterocycles. The first-order chi connectivity index (χ1) is 19.3. The minimum absolute atomic E-state index is 0.0795. The van der Waals surface area contributed by atoms with E-state index in [2.05, 4.69) is 13.8 Å². The van der Waals surface area contributed by atoms with E-state index in [9.17, 15) is 14.3 Å². The van der Waals surface area contributed by atoms with Crippen LogP contribution in [0.25, 0.3) is 0 Å². The van der Waals surface area contributed by atoms with Crippen LogP contribution < -0.4 is 5.73 Å². The molecular weight excluding hydrogens is 533 g/mol. The van der Waals surface area contributed by atoms with Crippen LogP contribution in [-0.2, 0) is 27.9 Å². The van der Waals surface area contributed by atoms with E-state index in [0.717, 1.165) is 12.8 Å². The van der Waals surface area contributed by atoms with Gasteiger partial charge in [0.25, 0.3) is 0 Å². The van der Waals surface area contributed by atoms with Crippen molar-refractivity contribution in [2.75, 3.05) is 39.6 Å². The third-order valence-corrected chi connectivity index (χ3v) is 8.01. The van der Waals surface area contributed by atoms with Gasteiger partial charge in [0, 0.05) is 26.2 Å². The summed E-state index contributed by atoms with van der Waals surface area (Å²) in [5.41, 5.74) is 5.34. The molecule has 0 aliphatic carbocycles. The topological polar surface area (TPSA) is 138 Å². The molecule has 0 saturated heterocycles. The Kier molecular flexibility index (Phi) is 28.2. The highest BCUT2D eigenvalue weighted by atomic mass is 31.2. The molecule has 10 heteroatoms. The minimum atomic E-state index is -4.22. The van der Waals surface area contributed by atoms with E-state index in [1.165, 1.54) is 89.9 Å². The van der Waals surface area contributed by atoms with Gasteiger partial charge in [0.2, 0.25) is 0 Å². The highest BCUT2D eigenvalue weighted by Crippen LogP contribution is 2.43. The van der Waals surface area contributed by atoms with Crippen molar-refractivity contribution in [1.29, 1.82) is 0 Å². The molecule has 40 heavy (non-hydrogen) atoms. The number of nitrogens with two attached hydrogens (primary N) is 1. The van der Waals surface area contributed by atoms with Gasteiger partial charge in [0.1, 0.15) is 6.10 Å². The van der Waals surface area contributed by atoms with Crippen LogP contribution in [0.5, 0.6) is 0 Å². The summed E-state index contributed by atoms with van der Waals surface area (Å²) in [6.45, 7) is 5.55. The SMILES string of the molecule is CCCCCCCCCCC(CCCCCCCC)COCC(COP(=O)(O)OCCN)OCCCCC(=O)O.